The maximum absolute atomic E-state index is 12.8. The molecule has 1 aliphatic rings. The smallest absolute Gasteiger partial charge is 0.408 e. The molecule has 0 spiro atoms. The van der Waals surface area contributed by atoms with Gasteiger partial charge >= 0.3 is 5.76 Å². The monoisotopic (exact) mass is 441 g/mol. The number of para-hydroxylation sites is 2. The van der Waals surface area contributed by atoms with E-state index in [1.54, 1.807) is 10.6 Å². The predicted molar refractivity (Wildman–Crippen MR) is 107 cm³/mol. The lowest BCUT2D eigenvalue weighted by Gasteiger charge is -2.33. The first kappa shape index (κ1) is 19.5. The highest BCUT2D eigenvalue weighted by Crippen LogP contribution is 2.27. The highest BCUT2D eigenvalue weighted by Gasteiger charge is 2.29. The molecule has 1 aliphatic heterocycles. The lowest BCUT2D eigenvalue weighted by molar-refractivity contribution is 0.150. The highest BCUT2D eigenvalue weighted by molar-refractivity contribution is 7.89. The van der Waals surface area contributed by atoms with Gasteiger partial charge < -0.3 is 4.42 Å². The number of hydrogen-bond acceptors (Lipinski definition) is 5. The first-order chi connectivity index (χ1) is 13.4. The minimum absolute atomic E-state index is 0.118. The molecule has 2 aromatic carbocycles. The van der Waals surface area contributed by atoms with Gasteiger partial charge in [0, 0.05) is 26.2 Å². The van der Waals surface area contributed by atoms with E-state index in [0.29, 0.717) is 43.5 Å². The normalized spacial score (nSPS) is 16.6. The summed E-state index contributed by atoms with van der Waals surface area (Å²) in [5.41, 5.74) is 1.26. The Bertz CT molecular complexity index is 1180. The van der Waals surface area contributed by atoms with Gasteiger partial charge in [-0.05, 0) is 30.3 Å². The van der Waals surface area contributed by atoms with Crippen LogP contribution >= 0.6 is 23.2 Å². The minimum Gasteiger partial charge on any atom is -0.408 e. The van der Waals surface area contributed by atoms with Crippen LogP contribution in [0.25, 0.3) is 11.1 Å². The standard InChI is InChI=1S/C18H17Cl2N3O4S/c19-14-6-5-13(11-15(14)20)28(25,26)22-9-7-21(8-10-22)12-23-16-3-1-2-4-17(16)27-18(23)24/h1-6,11H,7-10,12H2. The van der Waals surface area contributed by atoms with Crippen molar-refractivity contribution in [1.82, 2.24) is 13.8 Å². The van der Waals surface area contributed by atoms with E-state index in [1.165, 1.54) is 22.5 Å². The molecule has 0 saturated carbocycles. The van der Waals surface area contributed by atoms with E-state index >= 15 is 0 Å². The van der Waals surface area contributed by atoms with Crippen molar-refractivity contribution in [3.63, 3.8) is 0 Å². The molecule has 0 N–H and O–H groups in total. The summed E-state index contributed by atoms with van der Waals surface area (Å²) in [4.78, 5) is 14.3. The largest absolute Gasteiger partial charge is 0.421 e. The van der Waals surface area contributed by atoms with Crippen molar-refractivity contribution < 1.29 is 12.8 Å². The number of halogens is 2. The van der Waals surface area contributed by atoms with Gasteiger partial charge in [-0.2, -0.15) is 4.31 Å². The van der Waals surface area contributed by atoms with Gasteiger partial charge in [-0.1, -0.05) is 35.3 Å². The fraction of sp³-hybridized carbons (Fsp3) is 0.278. The summed E-state index contributed by atoms with van der Waals surface area (Å²) in [6, 6.07) is 11.5. The highest BCUT2D eigenvalue weighted by atomic mass is 35.5. The topological polar surface area (TPSA) is 75.8 Å². The van der Waals surface area contributed by atoms with Gasteiger partial charge in [0.2, 0.25) is 10.0 Å². The maximum atomic E-state index is 12.8. The SMILES string of the molecule is O=c1oc2ccccc2n1CN1CCN(S(=O)(=O)c2ccc(Cl)c(Cl)c2)CC1. The summed E-state index contributed by atoms with van der Waals surface area (Å²) in [7, 11) is -3.65. The van der Waals surface area contributed by atoms with Gasteiger partial charge in [-0.15, -0.1) is 0 Å². The summed E-state index contributed by atoms with van der Waals surface area (Å²) >= 11 is 11.8. The van der Waals surface area contributed by atoms with E-state index < -0.39 is 15.8 Å². The van der Waals surface area contributed by atoms with E-state index in [2.05, 4.69) is 0 Å². The van der Waals surface area contributed by atoms with Crippen molar-refractivity contribution in [2.75, 3.05) is 26.2 Å². The molecule has 10 heteroatoms. The van der Waals surface area contributed by atoms with E-state index in [9.17, 15) is 13.2 Å². The Labute approximate surface area is 171 Å². The average molecular weight is 442 g/mol. The Morgan fingerprint density at radius 2 is 1.68 bits per heavy atom. The zero-order valence-corrected chi connectivity index (χ0v) is 17.0. The molecule has 7 nitrogen and oxygen atoms in total. The molecule has 1 aromatic heterocycles. The molecule has 0 atom stereocenters. The van der Waals surface area contributed by atoms with E-state index in [-0.39, 0.29) is 9.92 Å². The third kappa shape index (κ3) is 3.58. The molecule has 148 valence electrons. The fourth-order valence-corrected chi connectivity index (χ4v) is 5.06. The molecule has 3 aromatic rings. The van der Waals surface area contributed by atoms with Gasteiger partial charge in [0.15, 0.2) is 5.58 Å². The van der Waals surface area contributed by atoms with Gasteiger partial charge in [-0.25, -0.2) is 13.2 Å². The van der Waals surface area contributed by atoms with Crippen molar-refractivity contribution in [2.24, 2.45) is 0 Å². The zero-order valence-electron chi connectivity index (χ0n) is 14.7. The van der Waals surface area contributed by atoms with Crippen molar-refractivity contribution >= 4 is 44.3 Å². The molecule has 28 heavy (non-hydrogen) atoms. The predicted octanol–water partition coefficient (Wildman–Crippen LogP) is 2.87. The quantitative estimate of drug-likeness (QED) is 0.621. The van der Waals surface area contributed by atoms with Gasteiger partial charge in [0.1, 0.15) is 0 Å². The molecule has 0 radical (unpaired) electrons. The number of rotatable bonds is 4. The number of hydrogen-bond donors (Lipinski definition) is 0. The van der Waals surface area contributed by atoms with E-state index in [4.69, 9.17) is 27.6 Å². The maximum Gasteiger partial charge on any atom is 0.421 e. The second kappa shape index (κ2) is 7.53. The van der Waals surface area contributed by atoms with E-state index in [1.807, 2.05) is 23.1 Å². The van der Waals surface area contributed by atoms with Crippen LogP contribution in [0, 0.1) is 0 Å². The fourth-order valence-electron chi connectivity index (χ4n) is 3.25. The molecule has 2 heterocycles. The first-order valence-corrected chi connectivity index (χ1v) is 10.8. The zero-order chi connectivity index (χ0) is 19.9. The molecule has 0 bridgehead atoms. The van der Waals surface area contributed by atoms with E-state index in [0.717, 1.165) is 5.52 Å². The minimum atomic E-state index is -3.65. The van der Waals surface area contributed by atoms with Crippen LogP contribution in [0.2, 0.25) is 10.0 Å². The Morgan fingerprint density at radius 1 is 0.964 bits per heavy atom. The molecular weight excluding hydrogens is 425 g/mol. The molecule has 0 amide bonds. The number of fused-ring (bicyclic) bond motifs is 1. The Morgan fingerprint density at radius 3 is 2.39 bits per heavy atom. The third-order valence-corrected chi connectivity index (χ3v) is 7.41. The Hall–Kier alpha value is -1.84. The van der Waals surface area contributed by atoms with Crippen LogP contribution in [0.3, 0.4) is 0 Å². The van der Waals surface area contributed by atoms with Gasteiger partial charge in [0.05, 0.1) is 27.1 Å². The number of aromatic nitrogens is 1. The van der Waals surface area contributed by atoms with Crippen LogP contribution in [0.1, 0.15) is 0 Å². The summed E-state index contributed by atoms with van der Waals surface area (Å²) in [5, 5.41) is 0.510. The number of oxazole rings is 1. The number of nitrogens with zero attached hydrogens (tertiary/aromatic N) is 3. The summed E-state index contributed by atoms with van der Waals surface area (Å²) in [5.74, 6) is -0.424. The molecular formula is C18H17Cl2N3O4S. The number of benzene rings is 2. The van der Waals surface area contributed by atoms with Crippen LogP contribution in [-0.4, -0.2) is 48.4 Å². The molecule has 4 rings (SSSR count). The van der Waals surface area contributed by atoms with Crippen LogP contribution < -0.4 is 5.76 Å². The lowest BCUT2D eigenvalue weighted by atomic mass is 10.3. The van der Waals surface area contributed by atoms with Crippen molar-refractivity contribution in [2.45, 2.75) is 11.6 Å². The first-order valence-electron chi connectivity index (χ1n) is 8.62. The van der Waals surface area contributed by atoms with Crippen molar-refractivity contribution in [3.8, 4) is 0 Å². The summed E-state index contributed by atoms with van der Waals surface area (Å²) < 4.78 is 33.9. The van der Waals surface area contributed by atoms with Crippen molar-refractivity contribution in [3.05, 3.63) is 63.1 Å². The van der Waals surface area contributed by atoms with Crippen LogP contribution in [0.4, 0.5) is 0 Å². The van der Waals surface area contributed by atoms with Crippen LogP contribution in [0.15, 0.2) is 56.6 Å². The third-order valence-electron chi connectivity index (χ3n) is 4.78. The van der Waals surface area contributed by atoms with Crippen molar-refractivity contribution in [1.29, 1.82) is 0 Å². The lowest BCUT2D eigenvalue weighted by Crippen LogP contribution is -2.49. The molecule has 0 unspecified atom stereocenters. The molecule has 1 fully saturated rings. The number of piperazine rings is 1. The Balaban J connectivity index is 1.47. The van der Waals surface area contributed by atoms with Gasteiger partial charge in [-0.3, -0.25) is 9.47 Å². The van der Waals surface area contributed by atoms with Crippen LogP contribution in [-0.2, 0) is 16.7 Å². The van der Waals surface area contributed by atoms with Crippen LogP contribution in [0.5, 0.6) is 0 Å². The average Bonchev–Trinajstić information content (AvgIpc) is 3.00. The second-order valence-corrected chi connectivity index (χ2v) is 9.26. The summed E-state index contributed by atoms with van der Waals surface area (Å²) in [6.07, 6.45) is 0. The molecule has 0 aliphatic carbocycles. The number of sulfonamides is 1. The van der Waals surface area contributed by atoms with Gasteiger partial charge in [0.25, 0.3) is 0 Å². The summed E-state index contributed by atoms with van der Waals surface area (Å²) in [6.45, 7) is 1.95. The molecule has 1 saturated heterocycles. The Kier molecular flexibility index (Phi) is 5.24. The second-order valence-electron chi connectivity index (χ2n) is 6.50.